The first-order valence-corrected chi connectivity index (χ1v) is 13.5. The van der Waals surface area contributed by atoms with Crippen LogP contribution in [0.25, 0.3) is 10.8 Å². The molecule has 1 aliphatic heterocycles. The molecule has 4 nitrogen and oxygen atoms in total. The van der Waals surface area contributed by atoms with E-state index in [1.54, 1.807) is 0 Å². The highest BCUT2D eigenvalue weighted by molar-refractivity contribution is 5.84. The minimum atomic E-state index is 0.360. The molecule has 2 aromatic carbocycles. The van der Waals surface area contributed by atoms with Gasteiger partial charge in [-0.3, -0.25) is 4.90 Å². The normalized spacial score (nSPS) is 22.2. The molecule has 0 bridgehead atoms. The lowest BCUT2D eigenvalue weighted by molar-refractivity contribution is 0.0883. The van der Waals surface area contributed by atoms with Gasteiger partial charge in [0.2, 0.25) is 0 Å². The lowest BCUT2D eigenvalue weighted by Gasteiger charge is -2.37. The van der Waals surface area contributed by atoms with Crippen LogP contribution >= 0.6 is 0 Å². The van der Waals surface area contributed by atoms with Crippen LogP contribution < -0.4 is 9.64 Å². The summed E-state index contributed by atoms with van der Waals surface area (Å²) in [4.78, 5) is 9.53. The molecule has 35 heavy (non-hydrogen) atoms. The standard InChI is InChI=1S/C31H41N3O/c1-31(2,3)27-11-14-28(15-12-27)35-29-13-10-25-21-24(8-9-26(25)22-29)23-33-17-6-18-34(20-19-33)30-7-4-5-16-32-30/h4-5,7-10,13,16,21-22,27-28H,6,11-12,14-15,17-20,23H2,1-3H3. The molecule has 1 aliphatic carbocycles. The van der Waals surface area contributed by atoms with E-state index in [1.807, 2.05) is 12.3 Å². The summed E-state index contributed by atoms with van der Waals surface area (Å²) in [6, 6.07) is 19.7. The molecule has 3 aromatic rings. The van der Waals surface area contributed by atoms with Crippen LogP contribution in [0.4, 0.5) is 5.82 Å². The predicted molar refractivity (Wildman–Crippen MR) is 146 cm³/mol. The van der Waals surface area contributed by atoms with E-state index in [4.69, 9.17) is 4.74 Å². The second-order valence-corrected chi connectivity index (χ2v) is 11.6. The summed E-state index contributed by atoms with van der Waals surface area (Å²) >= 11 is 0. The minimum absolute atomic E-state index is 0.360. The molecular weight excluding hydrogens is 430 g/mol. The van der Waals surface area contributed by atoms with E-state index in [0.717, 1.165) is 50.2 Å². The highest BCUT2D eigenvalue weighted by Crippen LogP contribution is 2.39. The van der Waals surface area contributed by atoms with Gasteiger partial charge >= 0.3 is 0 Å². The van der Waals surface area contributed by atoms with Gasteiger partial charge in [0, 0.05) is 38.9 Å². The third-order valence-electron chi connectivity index (χ3n) is 8.05. The van der Waals surface area contributed by atoms with Crippen LogP contribution in [0.5, 0.6) is 5.75 Å². The second kappa shape index (κ2) is 10.6. The summed E-state index contributed by atoms with van der Waals surface area (Å²) in [5.74, 6) is 2.94. The quantitative estimate of drug-likeness (QED) is 0.403. The molecule has 5 rings (SSSR count). The van der Waals surface area contributed by atoms with Crippen molar-refractivity contribution in [2.75, 3.05) is 31.1 Å². The van der Waals surface area contributed by atoms with Crippen LogP contribution in [0.2, 0.25) is 0 Å². The molecule has 2 heterocycles. The molecule has 0 amide bonds. The first kappa shape index (κ1) is 24.1. The maximum absolute atomic E-state index is 6.42. The largest absolute Gasteiger partial charge is 0.490 e. The number of benzene rings is 2. The topological polar surface area (TPSA) is 28.6 Å². The second-order valence-electron chi connectivity index (χ2n) is 11.6. The van der Waals surface area contributed by atoms with Gasteiger partial charge in [-0.05, 0) is 90.1 Å². The number of fused-ring (bicyclic) bond motifs is 1. The predicted octanol–water partition coefficient (Wildman–Crippen LogP) is 6.93. The van der Waals surface area contributed by atoms with Crippen LogP contribution in [0.1, 0.15) is 58.4 Å². The van der Waals surface area contributed by atoms with Crippen LogP contribution in [0.15, 0.2) is 60.8 Å². The monoisotopic (exact) mass is 471 g/mol. The third-order valence-corrected chi connectivity index (χ3v) is 8.05. The Kier molecular flexibility index (Phi) is 7.29. The summed E-state index contributed by atoms with van der Waals surface area (Å²) in [7, 11) is 0. The highest BCUT2D eigenvalue weighted by atomic mass is 16.5. The maximum atomic E-state index is 6.42. The van der Waals surface area contributed by atoms with Crippen molar-refractivity contribution in [3.8, 4) is 5.75 Å². The minimum Gasteiger partial charge on any atom is -0.490 e. The number of ether oxygens (including phenoxy) is 1. The Morgan fingerprint density at radius 3 is 2.43 bits per heavy atom. The van der Waals surface area contributed by atoms with E-state index >= 15 is 0 Å². The number of rotatable bonds is 5. The number of nitrogens with zero attached hydrogens (tertiary/aromatic N) is 3. The number of pyridine rings is 1. The Balaban J connectivity index is 1.17. The molecule has 186 valence electrons. The van der Waals surface area contributed by atoms with Gasteiger partial charge in [0.05, 0.1) is 6.10 Å². The first-order valence-electron chi connectivity index (χ1n) is 13.5. The lowest BCUT2D eigenvalue weighted by atomic mass is 9.72. The molecule has 0 atom stereocenters. The lowest BCUT2D eigenvalue weighted by Crippen LogP contribution is -2.30. The Labute approximate surface area is 211 Å². The molecule has 1 saturated carbocycles. The zero-order chi connectivity index (χ0) is 24.3. The Morgan fingerprint density at radius 2 is 1.66 bits per heavy atom. The molecule has 1 saturated heterocycles. The SMILES string of the molecule is CC(C)(C)C1CCC(Oc2ccc3cc(CN4CCCN(c5ccccn5)CC4)ccc3c2)CC1. The van der Waals surface area contributed by atoms with Crippen molar-refractivity contribution in [3.63, 3.8) is 0 Å². The van der Waals surface area contributed by atoms with Gasteiger partial charge in [-0.2, -0.15) is 0 Å². The number of anilines is 1. The fraction of sp³-hybridized carbons (Fsp3) is 0.516. The van der Waals surface area contributed by atoms with Gasteiger partial charge in [-0.15, -0.1) is 0 Å². The molecule has 2 aliphatic rings. The maximum Gasteiger partial charge on any atom is 0.128 e. The smallest absolute Gasteiger partial charge is 0.128 e. The van der Waals surface area contributed by atoms with Crippen LogP contribution in [0, 0.1) is 11.3 Å². The van der Waals surface area contributed by atoms with Crippen molar-refractivity contribution in [2.24, 2.45) is 11.3 Å². The van der Waals surface area contributed by atoms with E-state index < -0.39 is 0 Å². The number of aromatic nitrogens is 1. The Morgan fingerprint density at radius 1 is 0.857 bits per heavy atom. The molecule has 0 N–H and O–H groups in total. The van der Waals surface area contributed by atoms with E-state index in [9.17, 15) is 0 Å². The van der Waals surface area contributed by atoms with E-state index in [2.05, 4.69) is 84.1 Å². The molecular formula is C31H41N3O. The molecule has 0 unspecified atom stereocenters. The van der Waals surface area contributed by atoms with Crippen molar-refractivity contribution in [1.82, 2.24) is 9.88 Å². The summed E-state index contributed by atoms with van der Waals surface area (Å²) < 4.78 is 6.42. The average Bonchev–Trinajstić information content (AvgIpc) is 3.10. The zero-order valence-corrected chi connectivity index (χ0v) is 21.7. The van der Waals surface area contributed by atoms with Crippen molar-refractivity contribution < 1.29 is 4.74 Å². The van der Waals surface area contributed by atoms with Crippen molar-refractivity contribution in [1.29, 1.82) is 0 Å². The third kappa shape index (κ3) is 6.16. The molecule has 0 spiro atoms. The summed E-state index contributed by atoms with van der Waals surface area (Å²) in [6.07, 6.45) is 8.32. The van der Waals surface area contributed by atoms with Crippen LogP contribution in [-0.4, -0.2) is 42.2 Å². The van der Waals surface area contributed by atoms with Gasteiger partial charge in [0.15, 0.2) is 0 Å². The zero-order valence-electron chi connectivity index (χ0n) is 21.7. The molecule has 4 heteroatoms. The number of hydrogen-bond donors (Lipinski definition) is 0. The Hall–Kier alpha value is -2.59. The fourth-order valence-corrected chi connectivity index (χ4v) is 5.84. The van der Waals surface area contributed by atoms with E-state index in [1.165, 1.54) is 48.4 Å². The summed E-state index contributed by atoms with van der Waals surface area (Å²) in [5, 5.41) is 2.57. The Bertz CT molecular complexity index is 1100. The van der Waals surface area contributed by atoms with Crippen LogP contribution in [-0.2, 0) is 6.54 Å². The molecule has 0 radical (unpaired) electrons. The number of hydrogen-bond acceptors (Lipinski definition) is 4. The van der Waals surface area contributed by atoms with E-state index in [-0.39, 0.29) is 0 Å². The summed E-state index contributed by atoms with van der Waals surface area (Å²) in [5.41, 5.74) is 1.80. The van der Waals surface area contributed by atoms with Gasteiger partial charge in [-0.25, -0.2) is 4.98 Å². The van der Waals surface area contributed by atoms with Crippen molar-refractivity contribution >= 4 is 16.6 Å². The van der Waals surface area contributed by atoms with Gasteiger partial charge in [-0.1, -0.05) is 45.0 Å². The first-order chi connectivity index (χ1) is 16.9. The van der Waals surface area contributed by atoms with Gasteiger partial charge in [0.25, 0.3) is 0 Å². The van der Waals surface area contributed by atoms with Gasteiger partial charge < -0.3 is 9.64 Å². The van der Waals surface area contributed by atoms with Crippen molar-refractivity contribution in [2.45, 2.75) is 65.5 Å². The average molecular weight is 472 g/mol. The highest BCUT2D eigenvalue weighted by Gasteiger charge is 2.30. The van der Waals surface area contributed by atoms with Crippen LogP contribution in [0.3, 0.4) is 0 Å². The fourth-order valence-electron chi connectivity index (χ4n) is 5.84. The molecule has 2 fully saturated rings. The van der Waals surface area contributed by atoms with Gasteiger partial charge in [0.1, 0.15) is 11.6 Å². The van der Waals surface area contributed by atoms with Crippen molar-refractivity contribution in [3.05, 3.63) is 66.4 Å². The molecule has 1 aromatic heterocycles. The summed E-state index contributed by atoms with van der Waals surface area (Å²) in [6.45, 7) is 12.4. The van der Waals surface area contributed by atoms with E-state index in [0.29, 0.717) is 11.5 Å².